The molecule has 2 aromatic carbocycles. The van der Waals surface area contributed by atoms with Crippen LogP contribution in [0, 0.1) is 5.92 Å². The minimum Gasteiger partial charge on any atom is -0.415 e. The zero-order chi connectivity index (χ0) is 33.8. The number of fused-ring (bicyclic) bond motifs is 3. The number of likely N-dealkylation sites (tertiary alicyclic amines) is 2. The molecule has 2 saturated heterocycles. The summed E-state index contributed by atoms with van der Waals surface area (Å²) in [6.45, 7) is 2.90. The van der Waals surface area contributed by atoms with Gasteiger partial charge in [-0.05, 0) is 92.8 Å². The van der Waals surface area contributed by atoms with Gasteiger partial charge in [0.1, 0.15) is 12.0 Å². The number of unbranched alkanes of at least 4 members (excludes halogenated alkanes) is 1. The highest BCUT2D eigenvalue weighted by Gasteiger charge is 2.49. The van der Waals surface area contributed by atoms with Gasteiger partial charge in [0.25, 0.3) is 0 Å². The Morgan fingerprint density at radius 1 is 0.915 bits per heavy atom. The van der Waals surface area contributed by atoms with Crippen LogP contribution in [0.15, 0.2) is 48.5 Å². The number of alkyl halides is 3. The van der Waals surface area contributed by atoms with Crippen LogP contribution in [0.3, 0.4) is 0 Å². The maximum Gasteiger partial charge on any atom is 0.413 e. The van der Waals surface area contributed by atoms with E-state index in [1.807, 2.05) is 48.5 Å². The normalized spacial score (nSPS) is 20.0. The molecule has 2 fully saturated rings. The second-order valence-electron chi connectivity index (χ2n) is 13.5. The molecule has 1 aliphatic carbocycles. The minimum atomic E-state index is -4.51. The molecule has 256 valence electrons. The Kier molecular flexibility index (Phi) is 10.6. The molecular formula is C35H46F3N5O4. The number of rotatable bonds is 11. The van der Waals surface area contributed by atoms with Crippen LogP contribution in [0.5, 0.6) is 0 Å². The molecule has 47 heavy (non-hydrogen) atoms. The molecular weight excluding hydrogens is 611 g/mol. The Bertz CT molecular complexity index is 1390. The number of nitrogens with two attached hydrogens (primary N) is 2. The van der Waals surface area contributed by atoms with Crippen molar-refractivity contribution in [3.8, 4) is 11.1 Å². The Morgan fingerprint density at radius 3 is 2.13 bits per heavy atom. The van der Waals surface area contributed by atoms with Crippen molar-refractivity contribution in [2.45, 2.75) is 88.2 Å². The summed E-state index contributed by atoms with van der Waals surface area (Å²) < 4.78 is 44.6. The molecule has 5 N–H and O–H groups in total. The van der Waals surface area contributed by atoms with E-state index < -0.39 is 42.0 Å². The number of benzene rings is 2. The first-order valence-corrected chi connectivity index (χ1v) is 16.7. The van der Waals surface area contributed by atoms with Gasteiger partial charge in [0.15, 0.2) is 5.78 Å². The van der Waals surface area contributed by atoms with Crippen LogP contribution in [-0.2, 0) is 19.7 Å². The first-order valence-electron chi connectivity index (χ1n) is 16.7. The number of carbonyl (C=O) groups is 3. The SMILES string of the molecule is CC(N)(N)OC(=O)N1CCCCC1C(=O)CC1CCN(CCCCC2(C(=O)NCC(F)(F)F)c3ccccc3-c3ccccc32)CC1. The number of amides is 2. The van der Waals surface area contributed by atoms with Gasteiger partial charge in [0.2, 0.25) is 11.8 Å². The van der Waals surface area contributed by atoms with Crippen LogP contribution in [0.25, 0.3) is 11.1 Å². The van der Waals surface area contributed by atoms with Gasteiger partial charge < -0.3 is 15.0 Å². The number of hydrogen-bond donors (Lipinski definition) is 3. The van der Waals surface area contributed by atoms with Crippen LogP contribution >= 0.6 is 0 Å². The number of ether oxygens (including phenoxy) is 1. The quantitative estimate of drug-likeness (QED) is 0.228. The fourth-order valence-corrected chi connectivity index (χ4v) is 7.58. The number of carbonyl (C=O) groups excluding carboxylic acids is 3. The molecule has 0 bridgehead atoms. The number of nitrogens with one attached hydrogen (secondary N) is 1. The first-order chi connectivity index (χ1) is 22.3. The summed E-state index contributed by atoms with van der Waals surface area (Å²) >= 11 is 0. The molecule has 1 atom stereocenters. The summed E-state index contributed by atoms with van der Waals surface area (Å²) in [6.07, 6.45) is 1.03. The third-order valence-electron chi connectivity index (χ3n) is 9.79. The number of nitrogens with zero attached hydrogens (tertiary/aromatic N) is 2. The predicted octanol–water partition coefficient (Wildman–Crippen LogP) is 5.06. The summed E-state index contributed by atoms with van der Waals surface area (Å²) in [5.41, 5.74) is 13.4. The van der Waals surface area contributed by atoms with Crippen molar-refractivity contribution in [3.63, 3.8) is 0 Å². The monoisotopic (exact) mass is 657 g/mol. The number of piperidine rings is 2. The molecule has 9 nitrogen and oxygen atoms in total. The molecule has 0 saturated carbocycles. The number of Topliss-reactive ketones (excluding diaryl/α,β-unsaturated/α-hetero) is 1. The number of ketones is 1. The van der Waals surface area contributed by atoms with Gasteiger partial charge in [-0.15, -0.1) is 0 Å². The van der Waals surface area contributed by atoms with Gasteiger partial charge in [-0.3, -0.25) is 26.0 Å². The molecule has 12 heteroatoms. The highest BCUT2D eigenvalue weighted by Crippen LogP contribution is 2.51. The Labute approximate surface area is 274 Å². The van der Waals surface area contributed by atoms with Crippen molar-refractivity contribution in [3.05, 3.63) is 59.7 Å². The topological polar surface area (TPSA) is 131 Å². The minimum absolute atomic E-state index is 0.0436. The molecule has 0 aromatic heterocycles. The third kappa shape index (κ3) is 8.16. The lowest BCUT2D eigenvalue weighted by molar-refractivity contribution is -0.141. The number of halogens is 3. The fourth-order valence-electron chi connectivity index (χ4n) is 7.58. The van der Waals surface area contributed by atoms with Crippen molar-refractivity contribution < 1.29 is 32.3 Å². The molecule has 0 spiro atoms. The van der Waals surface area contributed by atoms with E-state index in [1.165, 1.54) is 11.8 Å². The third-order valence-corrected chi connectivity index (χ3v) is 9.79. The van der Waals surface area contributed by atoms with Crippen LogP contribution < -0.4 is 16.8 Å². The summed E-state index contributed by atoms with van der Waals surface area (Å²) in [6, 6.07) is 14.5. The van der Waals surface area contributed by atoms with Crippen molar-refractivity contribution in [2.75, 3.05) is 32.7 Å². The van der Waals surface area contributed by atoms with Crippen LogP contribution in [-0.4, -0.2) is 78.4 Å². The average Bonchev–Trinajstić information content (AvgIpc) is 3.32. The van der Waals surface area contributed by atoms with Gasteiger partial charge in [0, 0.05) is 19.9 Å². The van der Waals surface area contributed by atoms with E-state index in [0.29, 0.717) is 32.2 Å². The Balaban J connectivity index is 1.15. The van der Waals surface area contributed by atoms with E-state index in [-0.39, 0.29) is 11.7 Å². The second-order valence-corrected chi connectivity index (χ2v) is 13.5. The molecule has 2 amide bonds. The van der Waals surface area contributed by atoms with Crippen molar-refractivity contribution in [1.29, 1.82) is 0 Å². The van der Waals surface area contributed by atoms with Gasteiger partial charge in [-0.2, -0.15) is 13.2 Å². The maximum absolute atomic E-state index is 13.7. The van der Waals surface area contributed by atoms with Gasteiger partial charge in [0.05, 0.1) is 6.04 Å². The molecule has 0 radical (unpaired) electrons. The molecule has 3 aliphatic rings. The van der Waals surface area contributed by atoms with Gasteiger partial charge in [-0.25, -0.2) is 4.79 Å². The molecule has 2 aromatic rings. The van der Waals surface area contributed by atoms with Gasteiger partial charge >= 0.3 is 12.3 Å². The summed E-state index contributed by atoms with van der Waals surface area (Å²) in [4.78, 5) is 43.5. The molecule has 5 rings (SSSR count). The Hall–Kier alpha value is -3.48. The Morgan fingerprint density at radius 2 is 1.53 bits per heavy atom. The van der Waals surface area contributed by atoms with Gasteiger partial charge in [-0.1, -0.05) is 55.0 Å². The lowest BCUT2D eigenvalue weighted by Gasteiger charge is -2.37. The van der Waals surface area contributed by atoms with E-state index in [1.54, 1.807) is 0 Å². The van der Waals surface area contributed by atoms with Crippen LogP contribution in [0.2, 0.25) is 0 Å². The summed E-state index contributed by atoms with van der Waals surface area (Å²) in [5, 5.41) is 2.20. The zero-order valence-corrected chi connectivity index (χ0v) is 27.0. The van der Waals surface area contributed by atoms with Crippen LogP contribution in [0.4, 0.5) is 18.0 Å². The van der Waals surface area contributed by atoms with Crippen molar-refractivity contribution in [2.24, 2.45) is 17.4 Å². The second kappa shape index (κ2) is 14.3. The highest BCUT2D eigenvalue weighted by molar-refractivity contribution is 6.00. The predicted molar refractivity (Wildman–Crippen MR) is 172 cm³/mol. The molecule has 1 unspecified atom stereocenters. The van der Waals surface area contributed by atoms with Crippen molar-refractivity contribution >= 4 is 17.8 Å². The number of hydrogen-bond acceptors (Lipinski definition) is 7. The lowest BCUT2D eigenvalue weighted by atomic mass is 9.73. The van der Waals surface area contributed by atoms with E-state index in [9.17, 15) is 27.6 Å². The fraction of sp³-hybridized carbons (Fsp3) is 0.571. The van der Waals surface area contributed by atoms with Crippen molar-refractivity contribution in [1.82, 2.24) is 15.1 Å². The van der Waals surface area contributed by atoms with Crippen LogP contribution in [0.1, 0.15) is 75.8 Å². The molecule has 2 heterocycles. The van der Waals surface area contributed by atoms with E-state index in [0.717, 1.165) is 74.0 Å². The lowest BCUT2D eigenvalue weighted by Crippen LogP contribution is -2.56. The zero-order valence-electron chi connectivity index (χ0n) is 27.0. The molecule has 2 aliphatic heterocycles. The largest absolute Gasteiger partial charge is 0.415 e. The van der Waals surface area contributed by atoms with E-state index >= 15 is 0 Å². The average molecular weight is 658 g/mol. The summed E-state index contributed by atoms with van der Waals surface area (Å²) in [7, 11) is 0. The standard InChI is InChI=1S/C35H46F3N5O4/c1-33(39,40)47-32(46)43-19-8-6-14-29(43)30(44)22-24-15-20-42(21-16-24)18-9-7-17-34(31(45)41-23-35(36,37)38)27-12-4-2-10-25(27)26-11-3-5-13-28(26)34/h2-5,10-13,24,29H,6-9,14-23,39-40H2,1H3,(H,41,45). The smallest absolute Gasteiger partial charge is 0.413 e. The van der Waals surface area contributed by atoms with E-state index in [2.05, 4.69) is 10.2 Å². The summed E-state index contributed by atoms with van der Waals surface area (Å²) in [5.74, 6) is -1.97. The van der Waals surface area contributed by atoms with E-state index in [4.69, 9.17) is 16.2 Å². The first kappa shape index (κ1) is 34.8. The maximum atomic E-state index is 13.7. The highest BCUT2D eigenvalue weighted by atomic mass is 19.4.